The Morgan fingerprint density at radius 3 is 2.43 bits per heavy atom. The highest BCUT2D eigenvalue weighted by Gasteiger charge is 2.20. The summed E-state index contributed by atoms with van der Waals surface area (Å²) in [4.78, 5) is 22.6. The van der Waals surface area contributed by atoms with E-state index in [4.69, 9.17) is 4.74 Å². The minimum Gasteiger partial charge on any atom is -0.497 e. The number of nitrogens with zero attached hydrogens (tertiary/aromatic N) is 1. The number of hydrogen-bond acceptors (Lipinski definition) is 4. The largest absolute Gasteiger partial charge is 0.497 e. The summed E-state index contributed by atoms with van der Waals surface area (Å²) in [6.07, 6.45) is 0. The molecule has 0 spiro atoms. The first-order valence-electron chi connectivity index (χ1n) is 6.21. The Kier molecular flexibility index (Phi) is 4.18. The Morgan fingerprint density at radius 1 is 1.19 bits per heavy atom. The van der Waals surface area contributed by atoms with Gasteiger partial charge in [-0.15, -0.1) is 0 Å². The molecule has 2 rings (SSSR count). The molecular formula is C15H14N2O4. The Bertz CT molecular complexity index is 681. The number of methoxy groups -OCH3 is 1. The number of rotatable bonds is 4. The molecule has 0 bridgehead atoms. The van der Waals surface area contributed by atoms with Crippen LogP contribution in [0.1, 0.15) is 15.9 Å². The first kappa shape index (κ1) is 14.5. The van der Waals surface area contributed by atoms with Crippen LogP contribution < -0.4 is 10.1 Å². The molecule has 0 aliphatic carbocycles. The first-order valence-corrected chi connectivity index (χ1v) is 6.21. The monoisotopic (exact) mass is 286 g/mol. The van der Waals surface area contributed by atoms with E-state index < -0.39 is 10.8 Å². The van der Waals surface area contributed by atoms with Crippen LogP contribution in [0.25, 0.3) is 0 Å². The van der Waals surface area contributed by atoms with E-state index >= 15 is 0 Å². The molecule has 1 amide bonds. The molecule has 6 heteroatoms. The lowest BCUT2D eigenvalue weighted by atomic mass is 10.1. The van der Waals surface area contributed by atoms with Gasteiger partial charge in [0.05, 0.1) is 12.0 Å². The van der Waals surface area contributed by atoms with Crippen molar-refractivity contribution in [3.63, 3.8) is 0 Å². The topological polar surface area (TPSA) is 81.5 Å². The van der Waals surface area contributed by atoms with Crippen molar-refractivity contribution in [3.8, 4) is 5.75 Å². The van der Waals surface area contributed by atoms with Crippen molar-refractivity contribution in [3.05, 3.63) is 63.7 Å². The van der Waals surface area contributed by atoms with Gasteiger partial charge in [0.1, 0.15) is 11.3 Å². The van der Waals surface area contributed by atoms with Crippen molar-refractivity contribution in [2.45, 2.75) is 6.92 Å². The number of amides is 1. The molecule has 0 unspecified atom stereocenters. The zero-order chi connectivity index (χ0) is 15.4. The quantitative estimate of drug-likeness (QED) is 0.691. The predicted octanol–water partition coefficient (Wildman–Crippen LogP) is 3.16. The Balaban J connectivity index is 2.27. The van der Waals surface area contributed by atoms with Gasteiger partial charge >= 0.3 is 0 Å². The average Bonchev–Trinajstić information content (AvgIpc) is 2.47. The Morgan fingerprint density at radius 2 is 1.86 bits per heavy atom. The molecule has 21 heavy (non-hydrogen) atoms. The van der Waals surface area contributed by atoms with E-state index in [1.165, 1.54) is 12.1 Å². The van der Waals surface area contributed by atoms with E-state index in [0.29, 0.717) is 11.4 Å². The molecule has 0 fully saturated rings. The Hall–Kier alpha value is -2.89. The van der Waals surface area contributed by atoms with Crippen LogP contribution in [0.3, 0.4) is 0 Å². The lowest BCUT2D eigenvalue weighted by Crippen LogP contribution is -2.14. The average molecular weight is 286 g/mol. The predicted molar refractivity (Wildman–Crippen MR) is 78.8 cm³/mol. The third-order valence-corrected chi connectivity index (χ3v) is 2.94. The van der Waals surface area contributed by atoms with Gasteiger partial charge in [-0.2, -0.15) is 0 Å². The van der Waals surface area contributed by atoms with Crippen LogP contribution in [0.15, 0.2) is 42.5 Å². The van der Waals surface area contributed by atoms with Crippen LogP contribution in [0, 0.1) is 17.0 Å². The fourth-order valence-electron chi connectivity index (χ4n) is 1.86. The van der Waals surface area contributed by atoms with Crippen molar-refractivity contribution in [1.82, 2.24) is 0 Å². The highest BCUT2D eigenvalue weighted by atomic mass is 16.6. The molecule has 0 saturated heterocycles. The standard InChI is InChI=1S/C15H14N2O4/c1-10-3-8-14(17(19)20)13(9-10)15(18)16-11-4-6-12(21-2)7-5-11/h3-9H,1-2H3,(H,16,18). The molecule has 6 nitrogen and oxygen atoms in total. The highest BCUT2D eigenvalue weighted by Crippen LogP contribution is 2.22. The zero-order valence-corrected chi connectivity index (χ0v) is 11.6. The fourth-order valence-corrected chi connectivity index (χ4v) is 1.86. The molecule has 108 valence electrons. The molecule has 0 radical (unpaired) electrons. The van der Waals surface area contributed by atoms with Crippen LogP contribution in [-0.4, -0.2) is 17.9 Å². The molecule has 0 aliphatic heterocycles. The van der Waals surface area contributed by atoms with Gasteiger partial charge in [-0.1, -0.05) is 6.07 Å². The second kappa shape index (κ2) is 6.04. The minimum atomic E-state index is -0.567. The van der Waals surface area contributed by atoms with Gasteiger partial charge < -0.3 is 10.1 Å². The number of carbonyl (C=O) groups is 1. The summed E-state index contributed by atoms with van der Waals surface area (Å²) in [5.74, 6) is 0.144. The molecule has 0 aromatic heterocycles. The number of aryl methyl sites for hydroxylation is 1. The van der Waals surface area contributed by atoms with Crippen LogP contribution in [0.5, 0.6) is 5.75 Å². The second-order valence-electron chi connectivity index (χ2n) is 4.46. The summed E-state index contributed by atoms with van der Waals surface area (Å²) in [5.41, 5.74) is 1.14. The van der Waals surface area contributed by atoms with Crippen molar-refractivity contribution in [2.24, 2.45) is 0 Å². The van der Waals surface area contributed by atoms with Crippen LogP contribution in [0.4, 0.5) is 11.4 Å². The van der Waals surface area contributed by atoms with Gasteiger partial charge in [0.2, 0.25) is 0 Å². The number of nitro benzene ring substituents is 1. The number of hydrogen-bond donors (Lipinski definition) is 1. The number of benzene rings is 2. The van der Waals surface area contributed by atoms with E-state index in [9.17, 15) is 14.9 Å². The van der Waals surface area contributed by atoms with E-state index in [1.807, 2.05) is 0 Å². The lowest BCUT2D eigenvalue weighted by Gasteiger charge is -2.07. The van der Waals surface area contributed by atoms with Gasteiger partial charge in [0.25, 0.3) is 11.6 Å². The van der Waals surface area contributed by atoms with Gasteiger partial charge in [-0.3, -0.25) is 14.9 Å². The van der Waals surface area contributed by atoms with E-state index in [-0.39, 0.29) is 11.3 Å². The maximum Gasteiger partial charge on any atom is 0.282 e. The summed E-state index contributed by atoms with van der Waals surface area (Å²) in [5, 5.41) is 13.6. The summed E-state index contributed by atoms with van der Waals surface area (Å²) < 4.78 is 5.02. The number of anilines is 1. The number of ether oxygens (including phenoxy) is 1. The van der Waals surface area contributed by atoms with Crippen LogP contribution >= 0.6 is 0 Å². The number of nitro groups is 1. The highest BCUT2D eigenvalue weighted by molar-refractivity contribution is 6.07. The second-order valence-corrected chi connectivity index (χ2v) is 4.46. The first-order chi connectivity index (χ1) is 10.0. The van der Waals surface area contributed by atoms with Gasteiger partial charge in [0.15, 0.2) is 0 Å². The van der Waals surface area contributed by atoms with Crippen LogP contribution in [0.2, 0.25) is 0 Å². The van der Waals surface area contributed by atoms with Crippen molar-refractivity contribution in [2.75, 3.05) is 12.4 Å². The third-order valence-electron chi connectivity index (χ3n) is 2.94. The summed E-state index contributed by atoms with van der Waals surface area (Å²) >= 11 is 0. The van der Waals surface area contributed by atoms with E-state index in [0.717, 1.165) is 5.56 Å². The zero-order valence-electron chi connectivity index (χ0n) is 11.6. The van der Waals surface area contributed by atoms with Crippen molar-refractivity contribution in [1.29, 1.82) is 0 Å². The Labute approximate surface area is 121 Å². The van der Waals surface area contributed by atoms with Gasteiger partial charge in [0, 0.05) is 11.8 Å². The third kappa shape index (κ3) is 3.36. The summed E-state index contributed by atoms with van der Waals surface area (Å²) in [7, 11) is 1.55. The summed E-state index contributed by atoms with van der Waals surface area (Å²) in [6, 6.07) is 11.1. The van der Waals surface area contributed by atoms with Crippen molar-refractivity contribution >= 4 is 17.3 Å². The molecule has 1 N–H and O–H groups in total. The molecular weight excluding hydrogens is 272 g/mol. The normalized spacial score (nSPS) is 10.0. The smallest absolute Gasteiger partial charge is 0.282 e. The minimum absolute atomic E-state index is 0.0378. The fraction of sp³-hybridized carbons (Fsp3) is 0.133. The molecule has 0 aliphatic rings. The SMILES string of the molecule is COc1ccc(NC(=O)c2cc(C)ccc2[N+](=O)[O-])cc1. The number of carbonyl (C=O) groups excluding carboxylic acids is 1. The molecule has 0 saturated carbocycles. The van der Waals surface area contributed by atoms with E-state index in [1.54, 1.807) is 44.4 Å². The summed E-state index contributed by atoms with van der Waals surface area (Å²) in [6.45, 7) is 1.77. The van der Waals surface area contributed by atoms with Crippen molar-refractivity contribution < 1.29 is 14.5 Å². The maximum absolute atomic E-state index is 12.2. The van der Waals surface area contributed by atoms with E-state index in [2.05, 4.69) is 5.32 Å². The van der Waals surface area contributed by atoms with Gasteiger partial charge in [-0.25, -0.2) is 0 Å². The molecule has 0 atom stereocenters. The van der Waals surface area contributed by atoms with Gasteiger partial charge in [-0.05, 0) is 42.8 Å². The molecule has 0 heterocycles. The maximum atomic E-state index is 12.2. The van der Waals surface area contributed by atoms with Crippen LogP contribution in [-0.2, 0) is 0 Å². The number of nitrogens with one attached hydrogen (secondary N) is 1. The molecule has 2 aromatic rings. The molecule has 2 aromatic carbocycles. The lowest BCUT2D eigenvalue weighted by molar-refractivity contribution is -0.385.